The molecule has 0 radical (unpaired) electrons. The molecule has 1 aliphatic rings. The molecule has 3 heterocycles. The predicted octanol–water partition coefficient (Wildman–Crippen LogP) is 3.94. The van der Waals surface area contributed by atoms with Gasteiger partial charge in [0.05, 0.1) is 23.8 Å². The maximum Gasteiger partial charge on any atom is 0.261 e. The molecule has 0 bridgehead atoms. The first-order chi connectivity index (χ1) is 12.4. The highest BCUT2D eigenvalue weighted by Crippen LogP contribution is 2.36. The number of H-pyrrole nitrogens is 1. The van der Waals surface area contributed by atoms with Gasteiger partial charge in [-0.1, -0.05) is 23.7 Å². The van der Waals surface area contributed by atoms with E-state index in [1.54, 1.807) is 18.3 Å². The molecule has 6 nitrogen and oxygen atoms in total. The Morgan fingerprint density at radius 1 is 1.38 bits per heavy atom. The molecule has 0 spiro atoms. The Morgan fingerprint density at radius 3 is 2.92 bits per heavy atom. The minimum Gasteiger partial charge on any atom is -0.370 e. The fourth-order valence-electron chi connectivity index (χ4n) is 2.92. The Kier molecular flexibility index (Phi) is 4.30. The van der Waals surface area contributed by atoms with Crippen molar-refractivity contribution < 1.29 is 4.74 Å². The van der Waals surface area contributed by atoms with E-state index < -0.39 is 0 Å². The summed E-state index contributed by atoms with van der Waals surface area (Å²) in [5.74, 6) is 0.312. The molecule has 0 saturated heterocycles. The number of nitrogens with zero attached hydrogens (tertiary/aromatic N) is 2. The summed E-state index contributed by atoms with van der Waals surface area (Å²) < 4.78 is 5.84. The number of nitrogens with one attached hydrogen (secondary N) is 2. The van der Waals surface area contributed by atoms with E-state index in [2.05, 4.69) is 20.5 Å². The lowest BCUT2D eigenvalue weighted by Gasteiger charge is -2.29. The Labute approximate surface area is 158 Å². The van der Waals surface area contributed by atoms with Gasteiger partial charge in [-0.2, -0.15) is 5.10 Å². The number of hydrazone groups is 1. The molecule has 0 fully saturated rings. The monoisotopic (exact) mass is 388 g/mol. The molecular weight excluding hydrogens is 372 g/mol. The molecule has 0 unspecified atom stereocenters. The zero-order valence-electron chi connectivity index (χ0n) is 14.3. The van der Waals surface area contributed by atoms with Gasteiger partial charge in [-0.05, 0) is 37.1 Å². The normalized spacial score (nSPS) is 16.1. The fourth-order valence-corrected chi connectivity index (χ4v) is 4.15. The number of anilines is 1. The van der Waals surface area contributed by atoms with Crippen molar-refractivity contribution in [1.29, 1.82) is 0 Å². The average molecular weight is 389 g/mol. The van der Waals surface area contributed by atoms with Crippen molar-refractivity contribution in [3.63, 3.8) is 0 Å². The SMILES string of the molecule is CC1(C)Cc2c(sc3nc(NN=Cc4ccc(Cl)cc4)[nH]c(=O)c23)CO1. The smallest absolute Gasteiger partial charge is 0.261 e. The fraction of sp³-hybridized carbons (Fsp3) is 0.278. The summed E-state index contributed by atoms with van der Waals surface area (Å²) in [6.07, 6.45) is 2.34. The van der Waals surface area contributed by atoms with E-state index in [4.69, 9.17) is 16.3 Å². The molecule has 3 aromatic rings. The van der Waals surface area contributed by atoms with Crippen molar-refractivity contribution in [3.8, 4) is 0 Å². The van der Waals surface area contributed by atoms with Gasteiger partial charge < -0.3 is 4.74 Å². The topological polar surface area (TPSA) is 79.4 Å². The van der Waals surface area contributed by atoms with E-state index >= 15 is 0 Å². The van der Waals surface area contributed by atoms with Crippen LogP contribution in [0.25, 0.3) is 10.2 Å². The maximum absolute atomic E-state index is 12.6. The van der Waals surface area contributed by atoms with E-state index in [-0.39, 0.29) is 11.2 Å². The van der Waals surface area contributed by atoms with Crippen molar-refractivity contribution in [1.82, 2.24) is 9.97 Å². The molecule has 134 valence electrons. The minimum atomic E-state index is -0.271. The average Bonchev–Trinajstić information content (AvgIpc) is 2.93. The van der Waals surface area contributed by atoms with Crippen LogP contribution in [-0.2, 0) is 17.8 Å². The van der Waals surface area contributed by atoms with Gasteiger partial charge in [0.15, 0.2) is 0 Å². The lowest BCUT2D eigenvalue weighted by atomic mass is 9.94. The van der Waals surface area contributed by atoms with Gasteiger partial charge in [-0.3, -0.25) is 9.78 Å². The second-order valence-corrected chi connectivity index (χ2v) is 8.27. The molecule has 2 aromatic heterocycles. The quantitative estimate of drug-likeness (QED) is 0.526. The predicted molar refractivity (Wildman–Crippen MR) is 105 cm³/mol. The van der Waals surface area contributed by atoms with Crippen LogP contribution in [0.2, 0.25) is 5.02 Å². The number of aromatic amines is 1. The number of hydrogen-bond donors (Lipinski definition) is 2. The van der Waals surface area contributed by atoms with E-state index in [9.17, 15) is 4.79 Å². The molecule has 1 aliphatic heterocycles. The zero-order chi connectivity index (χ0) is 18.3. The lowest BCUT2D eigenvalue weighted by Crippen LogP contribution is -2.31. The summed E-state index contributed by atoms with van der Waals surface area (Å²) in [6.45, 7) is 4.57. The second-order valence-electron chi connectivity index (χ2n) is 6.75. The maximum atomic E-state index is 12.6. The van der Waals surface area contributed by atoms with Gasteiger partial charge in [-0.15, -0.1) is 11.3 Å². The summed E-state index contributed by atoms with van der Waals surface area (Å²) >= 11 is 7.36. The summed E-state index contributed by atoms with van der Waals surface area (Å²) in [5.41, 5.74) is 4.29. The number of ether oxygens (including phenoxy) is 1. The number of halogens is 1. The van der Waals surface area contributed by atoms with E-state index in [0.29, 0.717) is 34.2 Å². The highest BCUT2D eigenvalue weighted by atomic mass is 35.5. The Hall–Kier alpha value is -2.22. The molecule has 0 aliphatic carbocycles. The first-order valence-electron chi connectivity index (χ1n) is 8.14. The number of thiophene rings is 1. The van der Waals surface area contributed by atoms with Crippen molar-refractivity contribution >= 4 is 45.3 Å². The summed E-state index contributed by atoms with van der Waals surface area (Å²) in [6, 6.07) is 7.27. The van der Waals surface area contributed by atoms with Gasteiger partial charge in [-0.25, -0.2) is 10.4 Å². The third-order valence-corrected chi connectivity index (χ3v) is 5.55. The standard InChI is InChI=1S/C18H17ClN4O2S/c1-18(2)7-12-13(9-25-18)26-16-14(12)15(24)21-17(22-16)23-20-8-10-3-5-11(19)6-4-10/h3-6,8H,7,9H2,1-2H3,(H2,21,22,23,24). The van der Waals surface area contributed by atoms with Gasteiger partial charge in [0.25, 0.3) is 5.56 Å². The summed E-state index contributed by atoms with van der Waals surface area (Å²) in [4.78, 5) is 21.6. The number of hydrogen-bond acceptors (Lipinski definition) is 6. The zero-order valence-corrected chi connectivity index (χ0v) is 15.9. The molecule has 4 rings (SSSR count). The van der Waals surface area contributed by atoms with Crippen LogP contribution in [0.15, 0.2) is 34.2 Å². The number of aromatic nitrogens is 2. The number of benzene rings is 1. The van der Waals surface area contributed by atoms with Gasteiger partial charge in [0.1, 0.15) is 4.83 Å². The van der Waals surface area contributed by atoms with E-state index in [1.165, 1.54) is 11.3 Å². The lowest BCUT2D eigenvalue weighted by molar-refractivity contribution is -0.0379. The van der Waals surface area contributed by atoms with Crippen molar-refractivity contribution in [3.05, 3.63) is 55.6 Å². The van der Waals surface area contributed by atoms with Gasteiger partial charge >= 0.3 is 0 Å². The van der Waals surface area contributed by atoms with E-state index in [1.807, 2.05) is 26.0 Å². The van der Waals surface area contributed by atoms with Crippen LogP contribution < -0.4 is 11.0 Å². The van der Waals surface area contributed by atoms with Gasteiger partial charge in [0.2, 0.25) is 5.95 Å². The Bertz CT molecular complexity index is 1050. The van der Waals surface area contributed by atoms with Crippen LogP contribution in [-0.4, -0.2) is 21.8 Å². The van der Waals surface area contributed by atoms with Crippen LogP contribution in [0.4, 0.5) is 5.95 Å². The molecular formula is C18H17ClN4O2S. The van der Waals surface area contributed by atoms with Crippen LogP contribution in [0.5, 0.6) is 0 Å². The third kappa shape index (κ3) is 3.38. The summed E-state index contributed by atoms with van der Waals surface area (Å²) in [7, 11) is 0. The van der Waals surface area contributed by atoms with Crippen LogP contribution >= 0.6 is 22.9 Å². The van der Waals surface area contributed by atoms with E-state index in [0.717, 1.165) is 16.0 Å². The van der Waals surface area contributed by atoms with Crippen molar-refractivity contribution in [2.45, 2.75) is 32.5 Å². The molecule has 2 N–H and O–H groups in total. The highest BCUT2D eigenvalue weighted by molar-refractivity contribution is 7.18. The molecule has 1 aromatic carbocycles. The van der Waals surface area contributed by atoms with Crippen molar-refractivity contribution in [2.24, 2.45) is 5.10 Å². The number of rotatable bonds is 3. The Morgan fingerprint density at radius 2 is 2.15 bits per heavy atom. The van der Waals surface area contributed by atoms with Crippen LogP contribution in [0.3, 0.4) is 0 Å². The molecule has 26 heavy (non-hydrogen) atoms. The van der Waals surface area contributed by atoms with Crippen molar-refractivity contribution in [2.75, 3.05) is 5.43 Å². The molecule has 8 heteroatoms. The third-order valence-electron chi connectivity index (χ3n) is 4.20. The van der Waals surface area contributed by atoms with Crippen LogP contribution in [0.1, 0.15) is 29.9 Å². The first kappa shape index (κ1) is 17.2. The largest absolute Gasteiger partial charge is 0.370 e. The number of fused-ring (bicyclic) bond motifs is 3. The molecule has 0 atom stereocenters. The highest BCUT2D eigenvalue weighted by Gasteiger charge is 2.30. The van der Waals surface area contributed by atoms with Crippen LogP contribution in [0, 0.1) is 0 Å². The summed E-state index contributed by atoms with van der Waals surface area (Å²) in [5, 5.41) is 5.45. The van der Waals surface area contributed by atoms with Gasteiger partial charge in [0, 0.05) is 16.3 Å². The Balaban J connectivity index is 1.62. The second kappa shape index (κ2) is 6.50. The minimum absolute atomic E-state index is 0.158. The molecule has 0 saturated carbocycles. The molecule has 0 amide bonds. The first-order valence-corrected chi connectivity index (χ1v) is 9.34.